The first-order valence-corrected chi connectivity index (χ1v) is 9.35. The SMILES string of the molecule is CCOC(=O)C1=C(COC(=O)CNC(=O)c2ccc(Cl)cc2Cl)NC(=O)N[C@H]1C. The first-order chi connectivity index (χ1) is 13.7. The van der Waals surface area contributed by atoms with Crippen LogP contribution < -0.4 is 16.0 Å². The van der Waals surface area contributed by atoms with Gasteiger partial charge in [0.15, 0.2) is 0 Å². The molecule has 1 heterocycles. The largest absolute Gasteiger partial charge is 0.463 e. The molecular weight excluding hydrogens is 425 g/mol. The van der Waals surface area contributed by atoms with Gasteiger partial charge in [0.25, 0.3) is 5.91 Å². The molecule has 29 heavy (non-hydrogen) atoms. The fourth-order valence-corrected chi connectivity index (χ4v) is 3.01. The van der Waals surface area contributed by atoms with Crippen molar-refractivity contribution in [1.29, 1.82) is 0 Å². The molecular formula is C18H19Cl2N3O6. The normalized spacial score (nSPS) is 15.9. The Bertz CT molecular complexity index is 871. The summed E-state index contributed by atoms with van der Waals surface area (Å²) in [6, 6.07) is 3.16. The maximum Gasteiger partial charge on any atom is 0.338 e. The number of ether oxygens (including phenoxy) is 2. The second kappa shape index (κ2) is 10.1. The first-order valence-electron chi connectivity index (χ1n) is 8.59. The van der Waals surface area contributed by atoms with Gasteiger partial charge < -0.3 is 25.4 Å². The maximum absolute atomic E-state index is 12.1. The minimum absolute atomic E-state index is 0.111. The molecule has 2 rings (SSSR count). The van der Waals surface area contributed by atoms with Crippen molar-refractivity contribution in [2.75, 3.05) is 19.8 Å². The van der Waals surface area contributed by atoms with Crippen molar-refractivity contribution < 1.29 is 28.7 Å². The van der Waals surface area contributed by atoms with Gasteiger partial charge in [-0.05, 0) is 32.0 Å². The van der Waals surface area contributed by atoms with E-state index in [9.17, 15) is 19.2 Å². The summed E-state index contributed by atoms with van der Waals surface area (Å²) in [6.07, 6.45) is 0. The number of carbonyl (C=O) groups is 4. The molecule has 0 aromatic heterocycles. The average molecular weight is 444 g/mol. The van der Waals surface area contributed by atoms with Gasteiger partial charge in [0, 0.05) is 5.02 Å². The second-order valence-corrected chi connectivity index (χ2v) is 6.74. The highest BCUT2D eigenvalue weighted by Gasteiger charge is 2.30. The molecule has 3 N–H and O–H groups in total. The molecule has 1 atom stereocenters. The Hall–Kier alpha value is -2.78. The standard InChI is InChI=1S/C18H19Cl2N3O6/c1-3-28-17(26)15-9(2)22-18(27)23-13(15)8-29-14(24)7-21-16(25)11-5-4-10(19)6-12(11)20/h4-6,9H,3,7-8H2,1-2H3,(H,21,25)(H2,22,23,27)/t9-/m0/s1. The lowest BCUT2D eigenvalue weighted by atomic mass is 10.0. The summed E-state index contributed by atoms with van der Waals surface area (Å²) in [4.78, 5) is 47.8. The van der Waals surface area contributed by atoms with E-state index in [-0.39, 0.29) is 35.1 Å². The fraction of sp³-hybridized carbons (Fsp3) is 0.333. The van der Waals surface area contributed by atoms with Gasteiger partial charge in [0.2, 0.25) is 0 Å². The molecule has 1 aromatic carbocycles. The van der Waals surface area contributed by atoms with Gasteiger partial charge in [0.05, 0.1) is 34.5 Å². The van der Waals surface area contributed by atoms with Gasteiger partial charge in [0.1, 0.15) is 13.2 Å². The number of rotatable bonds is 7. The lowest BCUT2D eigenvalue weighted by Crippen LogP contribution is -2.50. The molecule has 0 fully saturated rings. The van der Waals surface area contributed by atoms with Gasteiger partial charge in [-0.25, -0.2) is 9.59 Å². The van der Waals surface area contributed by atoms with E-state index in [1.165, 1.54) is 18.2 Å². The van der Waals surface area contributed by atoms with E-state index in [0.717, 1.165) is 0 Å². The summed E-state index contributed by atoms with van der Waals surface area (Å²) in [7, 11) is 0. The van der Waals surface area contributed by atoms with E-state index >= 15 is 0 Å². The van der Waals surface area contributed by atoms with Crippen LogP contribution in [0.25, 0.3) is 0 Å². The van der Waals surface area contributed by atoms with Crippen molar-refractivity contribution in [3.8, 4) is 0 Å². The third-order valence-corrected chi connectivity index (χ3v) is 4.36. The van der Waals surface area contributed by atoms with E-state index in [2.05, 4.69) is 16.0 Å². The Morgan fingerprint density at radius 1 is 1.21 bits per heavy atom. The van der Waals surface area contributed by atoms with Crippen molar-refractivity contribution in [3.63, 3.8) is 0 Å². The summed E-state index contributed by atoms with van der Waals surface area (Å²) in [6.45, 7) is 2.58. The summed E-state index contributed by atoms with van der Waals surface area (Å²) < 4.78 is 10.0. The molecule has 9 nitrogen and oxygen atoms in total. The lowest BCUT2D eigenvalue weighted by Gasteiger charge is -2.26. The third kappa shape index (κ3) is 6.10. The number of nitrogens with one attached hydrogen (secondary N) is 3. The van der Waals surface area contributed by atoms with Gasteiger partial charge in [-0.1, -0.05) is 23.2 Å². The van der Waals surface area contributed by atoms with Crippen LogP contribution in [0.2, 0.25) is 10.0 Å². The molecule has 11 heteroatoms. The fourth-order valence-electron chi connectivity index (χ4n) is 2.52. The van der Waals surface area contributed by atoms with Crippen molar-refractivity contribution in [1.82, 2.24) is 16.0 Å². The number of amides is 3. The monoisotopic (exact) mass is 443 g/mol. The second-order valence-electron chi connectivity index (χ2n) is 5.90. The lowest BCUT2D eigenvalue weighted by molar-refractivity contribution is -0.142. The number of hydrogen-bond donors (Lipinski definition) is 3. The Morgan fingerprint density at radius 3 is 2.59 bits per heavy atom. The molecule has 1 aromatic rings. The van der Waals surface area contributed by atoms with Crippen molar-refractivity contribution in [2.24, 2.45) is 0 Å². The predicted octanol–water partition coefficient (Wildman–Crippen LogP) is 1.78. The van der Waals surface area contributed by atoms with Crippen LogP contribution in [0.3, 0.4) is 0 Å². The third-order valence-electron chi connectivity index (χ3n) is 3.81. The molecule has 1 aliphatic heterocycles. The Kier molecular flexibility index (Phi) is 7.86. The average Bonchev–Trinajstić information content (AvgIpc) is 2.64. The molecule has 0 aliphatic carbocycles. The molecule has 0 unspecified atom stereocenters. The van der Waals surface area contributed by atoms with E-state index in [0.29, 0.717) is 5.02 Å². The van der Waals surface area contributed by atoms with Crippen molar-refractivity contribution in [3.05, 3.63) is 45.1 Å². The molecule has 0 radical (unpaired) electrons. The Morgan fingerprint density at radius 2 is 1.93 bits per heavy atom. The number of esters is 2. The Labute approximate surface area is 176 Å². The van der Waals surface area contributed by atoms with Gasteiger partial charge in [-0.15, -0.1) is 0 Å². The van der Waals surface area contributed by atoms with Crippen LogP contribution >= 0.6 is 23.2 Å². The van der Waals surface area contributed by atoms with Crippen molar-refractivity contribution in [2.45, 2.75) is 19.9 Å². The van der Waals surface area contributed by atoms with Crippen molar-refractivity contribution >= 4 is 47.1 Å². The minimum Gasteiger partial charge on any atom is -0.463 e. The number of halogens is 2. The maximum atomic E-state index is 12.1. The molecule has 0 bridgehead atoms. The topological polar surface area (TPSA) is 123 Å². The Balaban J connectivity index is 1.97. The number of urea groups is 1. The van der Waals surface area contributed by atoms with Crippen LogP contribution in [0.15, 0.2) is 29.5 Å². The predicted molar refractivity (Wildman–Crippen MR) is 105 cm³/mol. The first kappa shape index (κ1) is 22.5. The van der Waals surface area contributed by atoms with Crippen LogP contribution in [-0.2, 0) is 19.1 Å². The molecule has 3 amide bonds. The van der Waals surface area contributed by atoms with Crippen LogP contribution in [0.4, 0.5) is 4.79 Å². The highest BCUT2D eigenvalue weighted by atomic mass is 35.5. The smallest absolute Gasteiger partial charge is 0.338 e. The summed E-state index contributed by atoms with van der Waals surface area (Å²) >= 11 is 11.7. The van der Waals surface area contributed by atoms with Crippen LogP contribution in [0, 0.1) is 0 Å². The van der Waals surface area contributed by atoms with Crippen LogP contribution in [0.5, 0.6) is 0 Å². The number of benzene rings is 1. The molecule has 0 saturated carbocycles. The number of hydrogen-bond acceptors (Lipinski definition) is 6. The summed E-state index contributed by atoms with van der Waals surface area (Å²) in [5.74, 6) is -2.00. The van der Waals surface area contributed by atoms with Gasteiger partial charge in [-0.3, -0.25) is 9.59 Å². The number of carbonyl (C=O) groups excluding carboxylic acids is 4. The zero-order valence-electron chi connectivity index (χ0n) is 15.6. The zero-order valence-corrected chi connectivity index (χ0v) is 17.1. The highest BCUT2D eigenvalue weighted by Crippen LogP contribution is 2.20. The quantitative estimate of drug-likeness (QED) is 0.551. The van der Waals surface area contributed by atoms with Crippen LogP contribution in [-0.4, -0.2) is 49.7 Å². The van der Waals surface area contributed by atoms with E-state index in [4.69, 9.17) is 32.7 Å². The van der Waals surface area contributed by atoms with E-state index in [1.807, 2.05) is 0 Å². The van der Waals surface area contributed by atoms with E-state index in [1.54, 1.807) is 13.8 Å². The molecule has 156 valence electrons. The highest BCUT2D eigenvalue weighted by molar-refractivity contribution is 6.36. The van der Waals surface area contributed by atoms with Gasteiger partial charge in [-0.2, -0.15) is 0 Å². The summed E-state index contributed by atoms with van der Waals surface area (Å²) in [5.41, 5.74) is 0.409. The van der Waals surface area contributed by atoms with Gasteiger partial charge >= 0.3 is 18.0 Å². The van der Waals surface area contributed by atoms with E-state index < -0.39 is 36.5 Å². The molecule has 1 aliphatic rings. The molecule has 0 saturated heterocycles. The zero-order chi connectivity index (χ0) is 21.6. The summed E-state index contributed by atoms with van der Waals surface area (Å²) in [5, 5.41) is 7.83. The minimum atomic E-state index is -0.778. The van der Waals surface area contributed by atoms with Crippen LogP contribution in [0.1, 0.15) is 24.2 Å². The molecule has 0 spiro atoms.